The van der Waals surface area contributed by atoms with Gasteiger partial charge in [-0.05, 0) is 23.8 Å². The monoisotopic (exact) mass is 404 g/mol. The highest BCUT2D eigenvalue weighted by Crippen LogP contribution is 2.31. The molecule has 5 rings (SSSR count). The molecule has 1 aliphatic heterocycles. The lowest BCUT2D eigenvalue weighted by Crippen LogP contribution is -2.13. The summed E-state index contributed by atoms with van der Waals surface area (Å²) in [7, 11) is 0. The zero-order chi connectivity index (χ0) is 20.7. The fraction of sp³-hybridized carbons (Fsp3) is 0.143. The lowest BCUT2D eigenvalue weighted by molar-refractivity contribution is 0.100. The molecule has 2 aromatic carbocycles. The van der Waals surface area contributed by atoms with Crippen LogP contribution in [0.3, 0.4) is 0 Å². The lowest BCUT2D eigenvalue weighted by Gasteiger charge is -2.13. The molecule has 0 fully saturated rings. The molecule has 0 aliphatic carbocycles. The van der Waals surface area contributed by atoms with Gasteiger partial charge in [0, 0.05) is 41.4 Å². The van der Waals surface area contributed by atoms with Crippen LogP contribution in [-0.2, 0) is 13.0 Å². The second kappa shape index (κ2) is 7.11. The van der Waals surface area contributed by atoms with E-state index in [0.717, 1.165) is 5.56 Å². The number of halogens is 1. The number of anilines is 1. The highest BCUT2D eigenvalue weighted by atomic mass is 19.1. The first-order valence-electron chi connectivity index (χ1n) is 9.38. The normalized spacial score (nSPS) is 12.6. The quantitative estimate of drug-likeness (QED) is 0.529. The maximum absolute atomic E-state index is 14.4. The first kappa shape index (κ1) is 18.0. The van der Waals surface area contributed by atoms with E-state index in [4.69, 9.17) is 10.5 Å². The molecule has 30 heavy (non-hydrogen) atoms. The number of aromatic nitrogens is 4. The third-order valence-electron chi connectivity index (χ3n) is 5.18. The minimum Gasteiger partial charge on any atom is -0.493 e. The molecule has 0 spiro atoms. The van der Waals surface area contributed by atoms with Crippen LogP contribution in [0.1, 0.15) is 21.5 Å². The van der Waals surface area contributed by atoms with Gasteiger partial charge in [-0.2, -0.15) is 0 Å². The molecule has 3 heterocycles. The van der Waals surface area contributed by atoms with Gasteiger partial charge in [0.2, 0.25) is 11.9 Å². The van der Waals surface area contributed by atoms with Gasteiger partial charge in [0.05, 0.1) is 6.61 Å². The number of benzene rings is 2. The summed E-state index contributed by atoms with van der Waals surface area (Å²) in [6.07, 6.45) is 3.78. The third-order valence-corrected chi connectivity index (χ3v) is 5.18. The molecule has 2 aromatic heterocycles. The Labute approximate surface area is 170 Å². The van der Waals surface area contributed by atoms with Crippen LogP contribution in [0, 0.1) is 5.82 Å². The standard InChI is InChI=1S/C21H17FN6O2/c22-17-5-6-18-13(7-8-30-18)15(17)9-24-21-25-10-16(20-27-26-11-28(20)21)12-3-1-2-4-14(12)19(23)29/h1-6,10-11H,7-9H2,(H2,23,29)(H,24,25). The van der Waals surface area contributed by atoms with Crippen LogP contribution in [0.15, 0.2) is 48.9 Å². The minimum absolute atomic E-state index is 0.232. The van der Waals surface area contributed by atoms with E-state index in [-0.39, 0.29) is 12.4 Å². The Bertz CT molecular complexity index is 1290. The summed E-state index contributed by atoms with van der Waals surface area (Å²) in [5.41, 5.74) is 9.04. The number of nitrogens with one attached hydrogen (secondary N) is 1. The predicted octanol–water partition coefficient (Wildman–Crippen LogP) is 2.58. The van der Waals surface area contributed by atoms with Crippen LogP contribution >= 0.6 is 0 Å². The molecule has 8 nitrogen and oxygen atoms in total. The van der Waals surface area contributed by atoms with E-state index in [9.17, 15) is 9.18 Å². The smallest absolute Gasteiger partial charge is 0.249 e. The number of amides is 1. The first-order valence-corrected chi connectivity index (χ1v) is 9.38. The summed E-state index contributed by atoms with van der Waals surface area (Å²) in [6, 6.07) is 10.0. The van der Waals surface area contributed by atoms with Crippen molar-refractivity contribution in [2.24, 2.45) is 5.73 Å². The number of hydrogen-bond donors (Lipinski definition) is 2. The molecule has 150 valence electrons. The third kappa shape index (κ3) is 2.91. The fourth-order valence-corrected chi connectivity index (χ4v) is 3.75. The lowest BCUT2D eigenvalue weighted by atomic mass is 10.0. The summed E-state index contributed by atoms with van der Waals surface area (Å²) in [5, 5.41) is 11.3. The molecule has 4 aromatic rings. The number of fused-ring (bicyclic) bond motifs is 2. The van der Waals surface area contributed by atoms with Gasteiger partial charge < -0.3 is 15.8 Å². The second-order valence-electron chi connectivity index (χ2n) is 6.88. The highest BCUT2D eigenvalue weighted by molar-refractivity contribution is 6.01. The molecule has 9 heteroatoms. The number of primary amides is 1. The largest absolute Gasteiger partial charge is 0.493 e. The zero-order valence-electron chi connectivity index (χ0n) is 15.8. The van der Waals surface area contributed by atoms with Crippen molar-refractivity contribution in [3.63, 3.8) is 0 Å². The molecule has 0 radical (unpaired) electrons. The maximum Gasteiger partial charge on any atom is 0.249 e. The van der Waals surface area contributed by atoms with E-state index < -0.39 is 5.91 Å². The molecular formula is C21H17FN6O2. The van der Waals surface area contributed by atoms with Gasteiger partial charge in [-0.15, -0.1) is 10.2 Å². The number of hydrogen-bond acceptors (Lipinski definition) is 6. The second-order valence-corrected chi connectivity index (χ2v) is 6.88. The topological polar surface area (TPSA) is 107 Å². The van der Waals surface area contributed by atoms with E-state index >= 15 is 0 Å². The van der Waals surface area contributed by atoms with Crippen molar-refractivity contribution in [3.8, 4) is 16.9 Å². The Balaban J connectivity index is 1.52. The van der Waals surface area contributed by atoms with E-state index in [0.29, 0.717) is 52.6 Å². The Hall–Kier alpha value is -4.01. The summed E-state index contributed by atoms with van der Waals surface area (Å²) in [5.74, 6) is 0.333. The van der Waals surface area contributed by atoms with Crippen molar-refractivity contribution >= 4 is 17.5 Å². The van der Waals surface area contributed by atoms with Gasteiger partial charge in [-0.3, -0.25) is 9.20 Å². The van der Waals surface area contributed by atoms with Crippen molar-refractivity contribution in [1.82, 2.24) is 19.6 Å². The number of rotatable bonds is 5. The molecule has 3 N–H and O–H groups in total. The molecule has 0 saturated heterocycles. The molecule has 0 unspecified atom stereocenters. The van der Waals surface area contributed by atoms with Gasteiger partial charge in [0.1, 0.15) is 17.9 Å². The van der Waals surface area contributed by atoms with E-state index in [1.54, 1.807) is 34.9 Å². The Morgan fingerprint density at radius 1 is 1.23 bits per heavy atom. The van der Waals surface area contributed by atoms with Gasteiger partial charge in [0.25, 0.3) is 0 Å². The van der Waals surface area contributed by atoms with Crippen molar-refractivity contribution in [2.75, 3.05) is 11.9 Å². The van der Waals surface area contributed by atoms with Crippen molar-refractivity contribution in [2.45, 2.75) is 13.0 Å². The zero-order valence-corrected chi connectivity index (χ0v) is 15.8. The van der Waals surface area contributed by atoms with Crippen LogP contribution in [0.2, 0.25) is 0 Å². The Morgan fingerprint density at radius 2 is 2.10 bits per heavy atom. The minimum atomic E-state index is -0.541. The van der Waals surface area contributed by atoms with E-state index in [1.165, 1.54) is 12.4 Å². The van der Waals surface area contributed by atoms with Gasteiger partial charge in [0.15, 0.2) is 5.65 Å². The molecule has 0 saturated carbocycles. The Kier molecular flexibility index (Phi) is 4.27. The van der Waals surface area contributed by atoms with Crippen LogP contribution in [0.4, 0.5) is 10.3 Å². The summed E-state index contributed by atoms with van der Waals surface area (Å²) < 4.78 is 21.6. The van der Waals surface area contributed by atoms with Crippen molar-refractivity contribution in [1.29, 1.82) is 0 Å². The van der Waals surface area contributed by atoms with Gasteiger partial charge in [-0.1, -0.05) is 18.2 Å². The molecular weight excluding hydrogens is 387 g/mol. The summed E-state index contributed by atoms with van der Waals surface area (Å²) >= 11 is 0. The van der Waals surface area contributed by atoms with E-state index in [1.807, 2.05) is 6.07 Å². The van der Waals surface area contributed by atoms with Crippen molar-refractivity contribution in [3.05, 3.63) is 71.4 Å². The number of nitrogens with zero attached hydrogens (tertiary/aromatic N) is 4. The van der Waals surface area contributed by atoms with Crippen molar-refractivity contribution < 1.29 is 13.9 Å². The Morgan fingerprint density at radius 3 is 2.97 bits per heavy atom. The van der Waals surface area contributed by atoms with E-state index in [2.05, 4.69) is 20.5 Å². The van der Waals surface area contributed by atoms with Crippen LogP contribution in [0.25, 0.3) is 16.8 Å². The number of carbonyl (C=O) groups excluding carboxylic acids is 1. The molecule has 1 aliphatic rings. The SMILES string of the molecule is NC(=O)c1ccccc1-c1cnc(NCc2c(F)ccc3c2CCO3)n2cnnc12. The molecule has 0 atom stereocenters. The average molecular weight is 404 g/mol. The van der Waals surface area contributed by atoms with Crippen LogP contribution in [0.5, 0.6) is 5.75 Å². The fourth-order valence-electron chi connectivity index (χ4n) is 3.75. The van der Waals surface area contributed by atoms with Gasteiger partial charge >= 0.3 is 0 Å². The summed E-state index contributed by atoms with van der Waals surface area (Å²) in [6.45, 7) is 0.781. The average Bonchev–Trinajstić information content (AvgIpc) is 3.42. The summed E-state index contributed by atoms with van der Waals surface area (Å²) in [4.78, 5) is 16.3. The van der Waals surface area contributed by atoms with Crippen LogP contribution in [-0.4, -0.2) is 32.1 Å². The first-order chi connectivity index (χ1) is 14.6. The highest BCUT2D eigenvalue weighted by Gasteiger charge is 2.20. The predicted molar refractivity (Wildman–Crippen MR) is 108 cm³/mol. The molecule has 1 amide bonds. The number of ether oxygens (including phenoxy) is 1. The number of carbonyl (C=O) groups is 1. The molecule has 0 bridgehead atoms. The maximum atomic E-state index is 14.4. The number of nitrogens with two attached hydrogens (primary N) is 1. The van der Waals surface area contributed by atoms with Crippen LogP contribution < -0.4 is 15.8 Å². The van der Waals surface area contributed by atoms with Gasteiger partial charge in [-0.25, -0.2) is 9.37 Å².